The third-order valence-electron chi connectivity index (χ3n) is 4.60. The SMILES string of the molecule is Cc1ccccc1C1CC(C)N(C(=O)c2cccc(N)c2)C1. The maximum Gasteiger partial charge on any atom is 0.254 e. The summed E-state index contributed by atoms with van der Waals surface area (Å²) in [6.07, 6.45) is 1.01. The smallest absolute Gasteiger partial charge is 0.254 e. The summed E-state index contributed by atoms with van der Waals surface area (Å²) >= 11 is 0. The maximum atomic E-state index is 12.7. The fraction of sp³-hybridized carbons (Fsp3) is 0.316. The van der Waals surface area contributed by atoms with Crippen LogP contribution in [0, 0.1) is 6.92 Å². The molecule has 0 spiro atoms. The summed E-state index contributed by atoms with van der Waals surface area (Å²) in [5.41, 5.74) is 9.77. The van der Waals surface area contributed by atoms with Gasteiger partial charge in [-0.05, 0) is 49.6 Å². The van der Waals surface area contributed by atoms with Crippen LogP contribution in [0.4, 0.5) is 5.69 Å². The second-order valence-corrected chi connectivity index (χ2v) is 6.22. The number of carbonyl (C=O) groups excluding carboxylic acids is 1. The number of nitrogen functional groups attached to an aromatic ring is 1. The number of rotatable bonds is 2. The summed E-state index contributed by atoms with van der Waals surface area (Å²) in [5.74, 6) is 0.497. The van der Waals surface area contributed by atoms with E-state index in [1.807, 2.05) is 17.0 Å². The van der Waals surface area contributed by atoms with E-state index >= 15 is 0 Å². The number of carbonyl (C=O) groups is 1. The number of likely N-dealkylation sites (tertiary alicyclic amines) is 1. The van der Waals surface area contributed by atoms with E-state index in [4.69, 9.17) is 5.73 Å². The van der Waals surface area contributed by atoms with Gasteiger partial charge in [-0.2, -0.15) is 0 Å². The Balaban J connectivity index is 1.82. The summed E-state index contributed by atoms with van der Waals surface area (Å²) < 4.78 is 0. The minimum atomic E-state index is 0.0795. The zero-order chi connectivity index (χ0) is 15.7. The van der Waals surface area contributed by atoms with Gasteiger partial charge in [0.1, 0.15) is 0 Å². The van der Waals surface area contributed by atoms with E-state index in [0.29, 0.717) is 17.2 Å². The summed E-state index contributed by atoms with van der Waals surface area (Å²) in [5, 5.41) is 0. The van der Waals surface area contributed by atoms with Gasteiger partial charge < -0.3 is 10.6 Å². The number of hydrogen-bond donors (Lipinski definition) is 1. The molecule has 0 radical (unpaired) electrons. The maximum absolute atomic E-state index is 12.7. The predicted octanol–water partition coefficient (Wildman–Crippen LogP) is 3.60. The second kappa shape index (κ2) is 5.84. The molecule has 1 fully saturated rings. The summed E-state index contributed by atoms with van der Waals surface area (Å²) in [6.45, 7) is 5.05. The standard InChI is InChI=1S/C19H22N2O/c1-13-6-3-4-9-18(13)16-10-14(2)21(12-16)19(22)15-7-5-8-17(20)11-15/h3-9,11,14,16H,10,12,20H2,1-2H3. The van der Waals surface area contributed by atoms with Crippen molar-refractivity contribution in [3.05, 3.63) is 65.2 Å². The molecule has 2 aromatic rings. The molecule has 2 N–H and O–H groups in total. The molecule has 22 heavy (non-hydrogen) atoms. The van der Waals surface area contributed by atoms with Gasteiger partial charge in [-0.25, -0.2) is 0 Å². The molecule has 0 aromatic heterocycles. The van der Waals surface area contributed by atoms with E-state index in [1.165, 1.54) is 11.1 Å². The van der Waals surface area contributed by atoms with Crippen molar-refractivity contribution in [2.24, 2.45) is 0 Å². The molecule has 0 aliphatic carbocycles. The van der Waals surface area contributed by atoms with Crippen LogP contribution in [0.5, 0.6) is 0 Å². The Morgan fingerprint density at radius 1 is 1.18 bits per heavy atom. The van der Waals surface area contributed by atoms with Crippen molar-refractivity contribution in [3.8, 4) is 0 Å². The number of nitrogens with two attached hydrogens (primary N) is 1. The second-order valence-electron chi connectivity index (χ2n) is 6.22. The van der Waals surface area contributed by atoms with Crippen molar-refractivity contribution >= 4 is 11.6 Å². The van der Waals surface area contributed by atoms with Crippen molar-refractivity contribution in [1.82, 2.24) is 4.90 Å². The fourth-order valence-electron chi connectivity index (χ4n) is 3.42. The molecule has 114 valence electrons. The molecule has 1 amide bonds. The van der Waals surface area contributed by atoms with Crippen LogP contribution in [0.15, 0.2) is 48.5 Å². The van der Waals surface area contributed by atoms with Gasteiger partial charge in [0.2, 0.25) is 0 Å². The molecular weight excluding hydrogens is 272 g/mol. The monoisotopic (exact) mass is 294 g/mol. The molecule has 1 aliphatic heterocycles. The highest BCUT2D eigenvalue weighted by atomic mass is 16.2. The van der Waals surface area contributed by atoms with Gasteiger partial charge in [-0.15, -0.1) is 0 Å². The van der Waals surface area contributed by atoms with Crippen LogP contribution in [0.1, 0.15) is 40.7 Å². The van der Waals surface area contributed by atoms with E-state index in [2.05, 4.69) is 38.1 Å². The average molecular weight is 294 g/mol. The van der Waals surface area contributed by atoms with E-state index in [1.54, 1.807) is 12.1 Å². The quantitative estimate of drug-likeness (QED) is 0.860. The normalized spacial score (nSPS) is 21.1. The van der Waals surface area contributed by atoms with Crippen LogP contribution >= 0.6 is 0 Å². The van der Waals surface area contributed by atoms with Gasteiger partial charge in [0.05, 0.1) is 0 Å². The molecule has 2 aromatic carbocycles. The lowest BCUT2D eigenvalue weighted by Crippen LogP contribution is -2.33. The van der Waals surface area contributed by atoms with Crippen molar-refractivity contribution in [3.63, 3.8) is 0 Å². The number of nitrogens with zero attached hydrogens (tertiary/aromatic N) is 1. The van der Waals surface area contributed by atoms with Crippen molar-refractivity contribution in [2.75, 3.05) is 12.3 Å². The Bertz CT molecular complexity index is 695. The predicted molar refractivity (Wildman–Crippen MR) is 89.9 cm³/mol. The fourth-order valence-corrected chi connectivity index (χ4v) is 3.42. The first kappa shape index (κ1) is 14.6. The number of amides is 1. The molecule has 0 bridgehead atoms. The number of hydrogen-bond acceptors (Lipinski definition) is 2. The van der Waals surface area contributed by atoms with Gasteiger partial charge in [0.25, 0.3) is 5.91 Å². The molecule has 2 atom stereocenters. The minimum absolute atomic E-state index is 0.0795. The highest BCUT2D eigenvalue weighted by molar-refractivity contribution is 5.95. The van der Waals surface area contributed by atoms with Gasteiger partial charge in [0.15, 0.2) is 0 Å². The van der Waals surface area contributed by atoms with Crippen molar-refractivity contribution in [2.45, 2.75) is 32.2 Å². The molecule has 0 saturated carbocycles. The molecule has 1 aliphatic rings. The zero-order valence-corrected chi connectivity index (χ0v) is 13.1. The van der Waals surface area contributed by atoms with E-state index in [-0.39, 0.29) is 11.9 Å². The first-order valence-corrected chi connectivity index (χ1v) is 7.78. The van der Waals surface area contributed by atoms with E-state index in [9.17, 15) is 4.79 Å². The summed E-state index contributed by atoms with van der Waals surface area (Å²) in [4.78, 5) is 14.7. The minimum Gasteiger partial charge on any atom is -0.399 e. The number of benzene rings is 2. The average Bonchev–Trinajstić information content (AvgIpc) is 2.88. The Labute approximate surface area is 131 Å². The van der Waals surface area contributed by atoms with Gasteiger partial charge in [-0.1, -0.05) is 30.3 Å². The number of anilines is 1. The molecule has 3 nitrogen and oxygen atoms in total. The third-order valence-corrected chi connectivity index (χ3v) is 4.60. The van der Waals surface area contributed by atoms with Gasteiger partial charge in [-0.3, -0.25) is 4.79 Å². The first-order valence-electron chi connectivity index (χ1n) is 7.78. The topological polar surface area (TPSA) is 46.3 Å². The molecule has 1 saturated heterocycles. The highest BCUT2D eigenvalue weighted by Crippen LogP contribution is 2.34. The Hall–Kier alpha value is -2.29. The Kier molecular flexibility index (Phi) is 3.88. The Morgan fingerprint density at radius 2 is 1.95 bits per heavy atom. The molecular formula is C19H22N2O. The largest absolute Gasteiger partial charge is 0.399 e. The summed E-state index contributed by atoms with van der Waals surface area (Å²) in [6, 6.07) is 16.0. The Morgan fingerprint density at radius 3 is 2.68 bits per heavy atom. The lowest BCUT2D eigenvalue weighted by molar-refractivity contribution is 0.0746. The van der Waals surface area contributed by atoms with Crippen LogP contribution in [0.3, 0.4) is 0 Å². The van der Waals surface area contributed by atoms with Crippen molar-refractivity contribution in [1.29, 1.82) is 0 Å². The summed E-state index contributed by atoms with van der Waals surface area (Å²) in [7, 11) is 0. The number of aryl methyl sites for hydroxylation is 1. The lowest BCUT2D eigenvalue weighted by Gasteiger charge is -2.22. The van der Waals surface area contributed by atoms with Crippen LogP contribution in [-0.2, 0) is 0 Å². The first-order chi connectivity index (χ1) is 10.6. The lowest BCUT2D eigenvalue weighted by atomic mass is 9.93. The van der Waals surface area contributed by atoms with Crippen LogP contribution in [0.25, 0.3) is 0 Å². The highest BCUT2D eigenvalue weighted by Gasteiger charge is 2.34. The van der Waals surface area contributed by atoms with E-state index in [0.717, 1.165) is 13.0 Å². The molecule has 2 unspecified atom stereocenters. The third kappa shape index (κ3) is 2.71. The van der Waals surface area contributed by atoms with E-state index < -0.39 is 0 Å². The van der Waals surface area contributed by atoms with Crippen LogP contribution in [0.2, 0.25) is 0 Å². The zero-order valence-electron chi connectivity index (χ0n) is 13.1. The molecule has 3 heteroatoms. The van der Waals surface area contributed by atoms with Gasteiger partial charge >= 0.3 is 0 Å². The molecule has 1 heterocycles. The van der Waals surface area contributed by atoms with Crippen LogP contribution < -0.4 is 5.73 Å². The molecule has 3 rings (SSSR count). The van der Waals surface area contributed by atoms with Crippen LogP contribution in [-0.4, -0.2) is 23.4 Å². The van der Waals surface area contributed by atoms with Gasteiger partial charge in [0, 0.05) is 29.8 Å². The van der Waals surface area contributed by atoms with Crippen molar-refractivity contribution < 1.29 is 4.79 Å².